The number of hydrogen-bond acceptors (Lipinski definition) is 3. The number of hydrogen-bond donors (Lipinski definition) is 1. The van der Waals surface area contributed by atoms with E-state index in [1.54, 1.807) is 6.20 Å². The number of pyridine rings is 1. The third-order valence-corrected chi connectivity index (χ3v) is 4.11. The molecule has 0 amide bonds. The lowest BCUT2D eigenvalue weighted by Gasteiger charge is -2.15. The second kappa shape index (κ2) is 8.46. The fourth-order valence-electron chi connectivity index (χ4n) is 2.79. The molecule has 0 spiro atoms. The molecule has 1 heterocycles. The van der Waals surface area contributed by atoms with E-state index >= 15 is 0 Å². The normalized spacial score (nSPS) is 10.9. The summed E-state index contributed by atoms with van der Waals surface area (Å²) in [6, 6.07) is 16.8. The first-order valence-corrected chi connectivity index (χ1v) is 8.61. The average molecular weight is 320 g/mol. The Morgan fingerprint density at radius 3 is 2.75 bits per heavy atom. The van der Waals surface area contributed by atoms with Gasteiger partial charge < -0.3 is 10.1 Å². The smallest absolute Gasteiger partial charge is 0.124 e. The first-order valence-electron chi connectivity index (χ1n) is 8.61. The number of nitrogens with zero attached hydrogens (tertiary/aromatic N) is 1. The summed E-state index contributed by atoms with van der Waals surface area (Å²) in [7, 11) is 0. The van der Waals surface area contributed by atoms with Gasteiger partial charge in [-0.1, -0.05) is 49.7 Å². The van der Waals surface area contributed by atoms with Crippen molar-refractivity contribution in [2.24, 2.45) is 0 Å². The summed E-state index contributed by atoms with van der Waals surface area (Å²) in [6.45, 7) is 4.52. The molecule has 0 radical (unpaired) electrons. The van der Waals surface area contributed by atoms with Gasteiger partial charge in [0.2, 0.25) is 0 Å². The van der Waals surface area contributed by atoms with Gasteiger partial charge in [-0.15, -0.1) is 0 Å². The molecule has 0 atom stereocenters. The van der Waals surface area contributed by atoms with Gasteiger partial charge >= 0.3 is 0 Å². The van der Waals surface area contributed by atoms with E-state index in [0.29, 0.717) is 0 Å². The molecular formula is C21H24N2O. The summed E-state index contributed by atoms with van der Waals surface area (Å²) in [5, 5.41) is 6.02. The summed E-state index contributed by atoms with van der Waals surface area (Å²) >= 11 is 0. The molecule has 0 unspecified atom stereocenters. The predicted octanol–water partition coefficient (Wildman–Crippen LogP) is 4.70. The highest BCUT2D eigenvalue weighted by Gasteiger charge is 2.08. The molecule has 0 saturated heterocycles. The maximum atomic E-state index is 6.04. The van der Waals surface area contributed by atoms with Crippen LogP contribution in [0.1, 0.15) is 30.9 Å². The second-order valence-corrected chi connectivity index (χ2v) is 5.93. The van der Waals surface area contributed by atoms with Crippen LogP contribution in [0.5, 0.6) is 5.75 Å². The number of rotatable bonds is 8. The molecule has 124 valence electrons. The maximum absolute atomic E-state index is 6.04. The maximum Gasteiger partial charge on any atom is 0.124 e. The molecule has 1 aromatic heterocycles. The highest BCUT2D eigenvalue weighted by atomic mass is 16.5. The second-order valence-electron chi connectivity index (χ2n) is 5.93. The van der Waals surface area contributed by atoms with Crippen molar-refractivity contribution >= 4 is 10.8 Å². The van der Waals surface area contributed by atoms with Crippen LogP contribution in [0.2, 0.25) is 0 Å². The van der Waals surface area contributed by atoms with Gasteiger partial charge in [-0.25, -0.2) is 0 Å². The van der Waals surface area contributed by atoms with Crippen LogP contribution in [0.4, 0.5) is 0 Å². The summed E-state index contributed by atoms with van der Waals surface area (Å²) in [5.41, 5.74) is 2.42. The number of aromatic nitrogens is 1. The van der Waals surface area contributed by atoms with E-state index in [2.05, 4.69) is 59.7 Å². The van der Waals surface area contributed by atoms with Gasteiger partial charge in [0.05, 0.1) is 6.61 Å². The van der Waals surface area contributed by atoms with Crippen molar-refractivity contribution in [1.82, 2.24) is 10.3 Å². The van der Waals surface area contributed by atoms with E-state index in [9.17, 15) is 0 Å². The number of nitrogens with one attached hydrogen (secondary N) is 1. The minimum absolute atomic E-state index is 0.768. The zero-order valence-corrected chi connectivity index (χ0v) is 14.2. The lowest BCUT2D eigenvalue weighted by Crippen LogP contribution is -2.14. The third kappa shape index (κ3) is 4.12. The van der Waals surface area contributed by atoms with Gasteiger partial charge in [-0.05, 0) is 34.9 Å². The topological polar surface area (TPSA) is 34.1 Å². The van der Waals surface area contributed by atoms with E-state index < -0.39 is 0 Å². The molecular weight excluding hydrogens is 296 g/mol. The van der Waals surface area contributed by atoms with Gasteiger partial charge in [0.25, 0.3) is 0 Å². The Hall–Kier alpha value is -2.39. The minimum Gasteiger partial charge on any atom is -0.493 e. The van der Waals surface area contributed by atoms with Crippen LogP contribution in [0.15, 0.2) is 60.9 Å². The third-order valence-electron chi connectivity index (χ3n) is 4.11. The van der Waals surface area contributed by atoms with Crippen LogP contribution in [-0.4, -0.2) is 11.6 Å². The molecule has 3 nitrogen and oxygen atoms in total. The number of fused-ring (bicyclic) bond motifs is 1. The Labute approximate surface area is 143 Å². The van der Waals surface area contributed by atoms with Crippen molar-refractivity contribution in [2.45, 2.75) is 32.9 Å². The largest absolute Gasteiger partial charge is 0.493 e. The number of benzene rings is 2. The number of ether oxygens (including phenoxy) is 1. The molecule has 2 aromatic carbocycles. The first-order chi connectivity index (χ1) is 11.9. The molecule has 3 aromatic rings. The fourth-order valence-corrected chi connectivity index (χ4v) is 2.79. The standard InChI is InChI=1S/C21H24N2O/c1-2-3-13-24-21-11-10-18-8-4-5-9-19(18)20(21)16-23-15-17-7-6-12-22-14-17/h4-12,14,23H,2-3,13,15-16H2,1H3. The molecule has 0 bridgehead atoms. The average Bonchev–Trinajstić information content (AvgIpc) is 2.64. The molecule has 0 aliphatic rings. The van der Waals surface area contributed by atoms with Crippen molar-refractivity contribution in [3.8, 4) is 5.75 Å². The van der Waals surface area contributed by atoms with Crippen molar-refractivity contribution in [2.75, 3.05) is 6.61 Å². The van der Waals surface area contributed by atoms with Gasteiger partial charge in [0.1, 0.15) is 5.75 Å². The summed E-state index contributed by atoms with van der Waals surface area (Å²) < 4.78 is 6.04. The van der Waals surface area contributed by atoms with E-state index in [1.165, 1.54) is 21.9 Å². The van der Waals surface area contributed by atoms with E-state index in [4.69, 9.17) is 4.74 Å². The Morgan fingerprint density at radius 1 is 1.00 bits per heavy atom. The molecule has 1 N–H and O–H groups in total. The van der Waals surface area contributed by atoms with Gasteiger partial charge in [-0.3, -0.25) is 4.98 Å². The van der Waals surface area contributed by atoms with E-state index in [1.807, 2.05) is 12.3 Å². The quantitative estimate of drug-likeness (QED) is 0.611. The van der Waals surface area contributed by atoms with Crippen LogP contribution < -0.4 is 10.1 Å². The molecule has 0 aliphatic carbocycles. The van der Waals surface area contributed by atoms with Crippen LogP contribution in [0.25, 0.3) is 10.8 Å². The Morgan fingerprint density at radius 2 is 1.92 bits per heavy atom. The molecule has 0 saturated carbocycles. The van der Waals surface area contributed by atoms with Crippen LogP contribution in [0, 0.1) is 0 Å². The highest BCUT2D eigenvalue weighted by Crippen LogP contribution is 2.28. The monoisotopic (exact) mass is 320 g/mol. The van der Waals surface area contributed by atoms with Gasteiger partial charge in [0, 0.05) is 31.0 Å². The van der Waals surface area contributed by atoms with Gasteiger partial charge in [-0.2, -0.15) is 0 Å². The zero-order valence-electron chi connectivity index (χ0n) is 14.2. The number of unbranched alkanes of at least 4 members (excludes halogenated alkanes) is 1. The van der Waals surface area contributed by atoms with E-state index in [0.717, 1.165) is 38.3 Å². The molecule has 0 fully saturated rings. The molecule has 3 rings (SSSR count). The van der Waals surface area contributed by atoms with E-state index in [-0.39, 0.29) is 0 Å². The van der Waals surface area contributed by atoms with Crippen molar-refractivity contribution in [1.29, 1.82) is 0 Å². The SMILES string of the molecule is CCCCOc1ccc2ccccc2c1CNCc1cccnc1. The van der Waals surface area contributed by atoms with Crippen LogP contribution in [0.3, 0.4) is 0 Å². The molecule has 3 heteroatoms. The summed E-state index contributed by atoms with van der Waals surface area (Å²) in [4.78, 5) is 4.16. The highest BCUT2D eigenvalue weighted by molar-refractivity contribution is 5.87. The van der Waals surface area contributed by atoms with Gasteiger partial charge in [0.15, 0.2) is 0 Å². The summed E-state index contributed by atoms with van der Waals surface area (Å²) in [6.07, 6.45) is 5.92. The Bertz CT molecular complexity index is 771. The van der Waals surface area contributed by atoms with Crippen LogP contribution >= 0.6 is 0 Å². The van der Waals surface area contributed by atoms with Crippen molar-refractivity contribution in [3.05, 3.63) is 72.1 Å². The Balaban J connectivity index is 1.78. The van der Waals surface area contributed by atoms with Crippen molar-refractivity contribution < 1.29 is 4.74 Å². The van der Waals surface area contributed by atoms with Crippen molar-refractivity contribution in [3.63, 3.8) is 0 Å². The summed E-state index contributed by atoms with van der Waals surface area (Å²) in [5.74, 6) is 0.987. The molecule has 0 aliphatic heterocycles. The molecule has 24 heavy (non-hydrogen) atoms. The lowest BCUT2D eigenvalue weighted by molar-refractivity contribution is 0.306. The zero-order chi connectivity index (χ0) is 16.6. The minimum atomic E-state index is 0.768. The fraction of sp³-hybridized carbons (Fsp3) is 0.286. The van der Waals surface area contributed by atoms with Crippen LogP contribution in [-0.2, 0) is 13.1 Å². The lowest BCUT2D eigenvalue weighted by atomic mass is 10.0. The Kier molecular flexibility index (Phi) is 5.80. The first kappa shape index (κ1) is 16.5. The predicted molar refractivity (Wildman–Crippen MR) is 99.1 cm³/mol.